The highest BCUT2D eigenvalue weighted by molar-refractivity contribution is 6.42. The minimum atomic E-state index is -0.330. The van der Waals surface area contributed by atoms with Gasteiger partial charge in [-0.3, -0.25) is 4.79 Å². The Balaban J connectivity index is 1.98. The van der Waals surface area contributed by atoms with Crippen LogP contribution in [0.4, 0.5) is 0 Å². The monoisotopic (exact) mass is 396 g/mol. The van der Waals surface area contributed by atoms with Crippen LogP contribution in [0.3, 0.4) is 0 Å². The highest BCUT2D eigenvalue weighted by Crippen LogP contribution is 2.26. The van der Waals surface area contributed by atoms with E-state index in [0.29, 0.717) is 35.6 Å². The van der Waals surface area contributed by atoms with Crippen LogP contribution < -0.4 is 4.74 Å². The zero-order valence-corrected chi connectivity index (χ0v) is 16.3. The Morgan fingerprint density at radius 1 is 1.00 bits per heavy atom. The number of carbonyl (C=O) groups is 1. The number of hydrogen-bond acceptors (Lipinski definition) is 4. The van der Waals surface area contributed by atoms with Crippen molar-refractivity contribution in [2.75, 3.05) is 13.2 Å². The van der Waals surface area contributed by atoms with Gasteiger partial charge in [0, 0.05) is 6.61 Å². The van der Waals surface area contributed by atoms with Crippen LogP contribution in [0.1, 0.15) is 37.5 Å². The summed E-state index contributed by atoms with van der Waals surface area (Å²) in [6, 6.07) is 12.9. The fraction of sp³-hybridized carbons (Fsp3) is 0.350. The molecule has 0 fully saturated rings. The molecule has 0 saturated heterocycles. The van der Waals surface area contributed by atoms with Gasteiger partial charge in [0.25, 0.3) is 0 Å². The maximum atomic E-state index is 11.7. The molecule has 4 nitrogen and oxygen atoms in total. The number of benzene rings is 2. The number of hydrogen-bond donors (Lipinski definition) is 0. The van der Waals surface area contributed by atoms with Crippen LogP contribution in [0.5, 0.6) is 5.75 Å². The fourth-order valence-corrected chi connectivity index (χ4v) is 2.74. The lowest BCUT2D eigenvalue weighted by Gasteiger charge is -2.17. The highest BCUT2D eigenvalue weighted by Gasteiger charge is 2.17. The largest absolute Gasteiger partial charge is 0.489 e. The van der Waals surface area contributed by atoms with Crippen LogP contribution in [-0.4, -0.2) is 19.2 Å². The second kappa shape index (κ2) is 10.4. The average molecular weight is 397 g/mol. The summed E-state index contributed by atoms with van der Waals surface area (Å²) in [6.07, 6.45) is -0.145. The zero-order chi connectivity index (χ0) is 18.9. The lowest BCUT2D eigenvalue weighted by molar-refractivity contribution is -0.146. The maximum Gasteiger partial charge on any atom is 0.308 e. The van der Waals surface area contributed by atoms with Crippen molar-refractivity contribution in [1.29, 1.82) is 0 Å². The lowest BCUT2D eigenvalue weighted by atomic mass is 10.1. The molecule has 0 aliphatic heterocycles. The molecule has 0 heterocycles. The first-order valence-corrected chi connectivity index (χ1v) is 9.23. The van der Waals surface area contributed by atoms with Crippen LogP contribution in [-0.2, 0) is 20.9 Å². The number of rotatable bonds is 9. The van der Waals surface area contributed by atoms with E-state index in [4.69, 9.17) is 37.4 Å². The molecule has 1 atom stereocenters. The third-order valence-electron chi connectivity index (χ3n) is 3.67. The van der Waals surface area contributed by atoms with Gasteiger partial charge in [-0.05, 0) is 49.2 Å². The average Bonchev–Trinajstić information content (AvgIpc) is 2.63. The Kier molecular flexibility index (Phi) is 8.23. The molecule has 0 unspecified atom stereocenters. The van der Waals surface area contributed by atoms with Crippen molar-refractivity contribution >= 4 is 29.2 Å². The van der Waals surface area contributed by atoms with Gasteiger partial charge in [0.2, 0.25) is 0 Å². The molecule has 0 radical (unpaired) electrons. The van der Waals surface area contributed by atoms with E-state index in [9.17, 15) is 4.79 Å². The van der Waals surface area contributed by atoms with Crippen LogP contribution in [0.2, 0.25) is 10.0 Å². The third kappa shape index (κ3) is 6.20. The smallest absolute Gasteiger partial charge is 0.308 e. The van der Waals surface area contributed by atoms with Crippen LogP contribution in [0, 0.1) is 0 Å². The maximum absolute atomic E-state index is 11.7. The van der Waals surface area contributed by atoms with E-state index in [-0.39, 0.29) is 18.5 Å². The number of halogens is 2. The Morgan fingerprint density at radius 3 is 2.35 bits per heavy atom. The summed E-state index contributed by atoms with van der Waals surface area (Å²) in [5.74, 6) is 0.442. The van der Waals surface area contributed by atoms with Crippen LogP contribution in [0.25, 0.3) is 0 Å². The van der Waals surface area contributed by atoms with Crippen molar-refractivity contribution < 1.29 is 19.0 Å². The van der Waals surface area contributed by atoms with Crippen molar-refractivity contribution in [3.8, 4) is 5.75 Å². The highest BCUT2D eigenvalue weighted by atomic mass is 35.5. The quantitative estimate of drug-likeness (QED) is 0.517. The summed E-state index contributed by atoms with van der Waals surface area (Å²) < 4.78 is 16.4. The third-order valence-corrected chi connectivity index (χ3v) is 4.41. The molecule has 0 spiro atoms. The normalized spacial score (nSPS) is 11.8. The first kappa shape index (κ1) is 20.6. The van der Waals surface area contributed by atoms with Gasteiger partial charge in [-0.25, -0.2) is 0 Å². The lowest BCUT2D eigenvalue weighted by Crippen LogP contribution is -2.13. The molecule has 6 heteroatoms. The van der Waals surface area contributed by atoms with Gasteiger partial charge in [0.15, 0.2) is 0 Å². The molecule has 2 aromatic carbocycles. The molecule has 0 aliphatic carbocycles. The van der Waals surface area contributed by atoms with Crippen molar-refractivity contribution in [3.05, 3.63) is 63.6 Å². The molecule has 140 valence electrons. The van der Waals surface area contributed by atoms with E-state index in [1.54, 1.807) is 19.1 Å². The minimum absolute atomic E-state index is 0.186. The van der Waals surface area contributed by atoms with Crippen LogP contribution >= 0.6 is 23.2 Å². The SMILES string of the molecule is CCOC(=O)C[C@@H](OCC)c1ccc(OCc2ccc(Cl)c(Cl)c2)cc1. The Bertz CT molecular complexity index is 716. The topological polar surface area (TPSA) is 44.8 Å². The van der Waals surface area contributed by atoms with Crippen molar-refractivity contribution in [3.63, 3.8) is 0 Å². The summed E-state index contributed by atoms with van der Waals surface area (Å²) >= 11 is 11.9. The molecule has 2 aromatic rings. The van der Waals surface area contributed by atoms with E-state index in [1.165, 1.54) is 0 Å². The van der Waals surface area contributed by atoms with E-state index in [1.807, 2.05) is 37.3 Å². The Labute approximate surface area is 164 Å². The van der Waals surface area contributed by atoms with E-state index >= 15 is 0 Å². The van der Waals surface area contributed by atoms with Gasteiger partial charge in [-0.2, -0.15) is 0 Å². The Morgan fingerprint density at radius 2 is 1.73 bits per heavy atom. The van der Waals surface area contributed by atoms with Gasteiger partial charge < -0.3 is 14.2 Å². The molecule has 2 rings (SSSR count). The van der Waals surface area contributed by atoms with Crippen molar-refractivity contribution in [1.82, 2.24) is 0 Å². The zero-order valence-electron chi connectivity index (χ0n) is 14.8. The first-order chi connectivity index (χ1) is 12.5. The fourth-order valence-electron chi connectivity index (χ4n) is 2.42. The van der Waals surface area contributed by atoms with Crippen LogP contribution in [0.15, 0.2) is 42.5 Å². The van der Waals surface area contributed by atoms with Gasteiger partial charge in [0.05, 0.1) is 29.2 Å². The summed E-state index contributed by atoms with van der Waals surface area (Å²) in [4.78, 5) is 11.7. The molecular formula is C20H22Cl2O4. The number of carbonyl (C=O) groups excluding carboxylic acids is 1. The van der Waals surface area contributed by atoms with E-state index in [0.717, 1.165) is 11.1 Å². The second-order valence-corrected chi connectivity index (χ2v) is 6.37. The predicted octanol–water partition coefficient (Wildman–Crippen LogP) is 5.60. The minimum Gasteiger partial charge on any atom is -0.489 e. The number of esters is 1. The van der Waals surface area contributed by atoms with Crippen molar-refractivity contribution in [2.45, 2.75) is 33.0 Å². The first-order valence-electron chi connectivity index (χ1n) is 8.47. The molecular weight excluding hydrogens is 375 g/mol. The van der Waals surface area contributed by atoms with Gasteiger partial charge in [-0.1, -0.05) is 41.4 Å². The van der Waals surface area contributed by atoms with Gasteiger partial charge >= 0.3 is 5.97 Å². The molecule has 0 N–H and O–H groups in total. The summed E-state index contributed by atoms with van der Waals surface area (Å²) in [6.45, 7) is 4.94. The molecule has 0 aromatic heterocycles. The summed E-state index contributed by atoms with van der Waals surface area (Å²) in [7, 11) is 0. The predicted molar refractivity (Wildman–Crippen MR) is 103 cm³/mol. The van der Waals surface area contributed by atoms with Gasteiger partial charge in [-0.15, -0.1) is 0 Å². The van der Waals surface area contributed by atoms with E-state index < -0.39 is 0 Å². The molecule has 0 saturated carbocycles. The summed E-state index contributed by atoms with van der Waals surface area (Å²) in [5.41, 5.74) is 1.83. The van der Waals surface area contributed by atoms with Crippen molar-refractivity contribution in [2.24, 2.45) is 0 Å². The summed E-state index contributed by atoms with van der Waals surface area (Å²) in [5, 5.41) is 1.02. The molecule has 0 amide bonds. The van der Waals surface area contributed by atoms with Gasteiger partial charge in [0.1, 0.15) is 12.4 Å². The Hall–Kier alpha value is -1.75. The molecule has 26 heavy (non-hydrogen) atoms. The molecule has 0 bridgehead atoms. The molecule has 0 aliphatic rings. The second-order valence-electron chi connectivity index (χ2n) is 5.56. The standard InChI is InChI=1S/C20H22Cl2O4/c1-3-24-19(12-20(23)25-4-2)15-6-8-16(9-7-15)26-13-14-5-10-17(21)18(22)11-14/h5-11,19H,3-4,12-13H2,1-2H3/t19-/m1/s1. The number of ether oxygens (including phenoxy) is 3. The van der Waals surface area contributed by atoms with E-state index in [2.05, 4.69) is 0 Å².